The zero-order chi connectivity index (χ0) is 16.2. The molecule has 2 unspecified atom stereocenters. The largest absolute Gasteiger partial charge is 0.467 e. The van der Waals surface area contributed by atoms with Crippen molar-refractivity contribution in [3.63, 3.8) is 0 Å². The van der Waals surface area contributed by atoms with Gasteiger partial charge in [-0.2, -0.15) is 0 Å². The first-order valence-corrected chi connectivity index (χ1v) is 7.98. The number of carbonyl (C=O) groups excluding carboxylic acids is 1. The first-order chi connectivity index (χ1) is 11.1. The highest BCUT2D eigenvalue weighted by atomic mass is 16.3. The van der Waals surface area contributed by atoms with Crippen molar-refractivity contribution in [2.45, 2.75) is 26.0 Å². The number of nitrogens with one attached hydrogen (secondary N) is 1. The number of benzene rings is 1. The van der Waals surface area contributed by atoms with Gasteiger partial charge in [-0.25, -0.2) is 0 Å². The van der Waals surface area contributed by atoms with Crippen LogP contribution in [0.15, 0.2) is 47.1 Å². The van der Waals surface area contributed by atoms with Crippen LogP contribution in [0.3, 0.4) is 0 Å². The lowest BCUT2D eigenvalue weighted by Gasteiger charge is -2.34. The molecule has 0 aliphatic carbocycles. The van der Waals surface area contributed by atoms with Gasteiger partial charge in [-0.1, -0.05) is 19.1 Å². The summed E-state index contributed by atoms with van der Waals surface area (Å²) in [5.74, 6) is 1.01. The molecule has 5 nitrogen and oxygen atoms in total. The Morgan fingerprint density at radius 3 is 2.91 bits per heavy atom. The number of carbonyl (C=O) groups is 1. The summed E-state index contributed by atoms with van der Waals surface area (Å²) in [6.45, 7) is 3.62. The van der Waals surface area contributed by atoms with Crippen molar-refractivity contribution in [3.8, 4) is 0 Å². The van der Waals surface area contributed by atoms with E-state index in [9.17, 15) is 9.90 Å². The van der Waals surface area contributed by atoms with Gasteiger partial charge in [0.2, 0.25) is 0 Å². The van der Waals surface area contributed by atoms with Crippen molar-refractivity contribution in [3.05, 3.63) is 54.0 Å². The second-order valence-corrected chi connectivity index (χ2v) is 6.06. The standard InChI is InChI=1S/C18H22N2O3/c1-13-8-9-20(12-17(13)21)18(22)15-6-2-3-7-16(15)19-11-14-5-4-10-23-14/h2-7,10,13,17,19,21H,8-9,11-12H2,1H3. The molecule has 1 fully saturated rings. The first-order valence-electron chi connectivity index (χ1n) is 7.98. The number of piperidine rings is 1. The number of anilines is 1. The van der Waals surface area contributed by atoms with Gasteiger partial charge in [0.25, 0.3) is 5.91 Å². The van der Waals surface area contributed by atoms with Crippen LogP contribution >= 0.6 is 0 Å². The van der Waals surface area contributed by atoms with E-state index < -0.39 is 6.10 Å². The molecule has 23 heavy (non-hydrogen) atoms. The molecule has 2 aromatic rings. The Morgan fingerprint density at radius 1 is 1.35 bits per heavy atom. The van der Waals surface area contributed by atoms with Crippen LogP contribution in [-0.4, -0.2) is 35.1 Å². The van der Waals surface area contributed by atoms with E-state index in [2.05, 4.69) is 5.32 Å². The maximum atomic E-state index is 12.8. The number of rotatable bonds is 4. The average Bonchev–Trinajstić information content (AvgIpc) is 3.08. The summed E-state index contributed by atoms with van der Waals surface area (Å²) in [7, 11) is 0. The quantitative estimate of drug-likeness (QED) is 0.911. The van der Waals surface area contributed by atoms with E-state index in [4.69, 9.17) is 4.42 Å². The number of furan rings is 1. The number of amides is 1. The van der Waals surface area contributed by atoms with Crippen LogP contribution in [0.4, 0.5) is 5.69 Å². The predicted molar refractivity (Wildman–Crippen MR) is 88.2 cm³/mol. The van der Waals surface area contributed by atoms with E-state index >= 15 is 0 Å². The third-order valence-electron chi connectivity index (χ3n) is 4.40. The molecular weight excluding hydrogens is 292 g/mol. The highest BCUT2D eigenvalue weighted by Gasteiger charge is 2.28. The van der Waals surface area contributed by atoms with Gasteiger partial charge >= 0.3 is 0 Å². The Kier molecular flexibility index (Phi) is 4.67. The van der Waals surface area contributed by atoms with Crippen LogP contribution in [0.1, 0.15) is 29.5 Å². The predicted octanol–water partition coefficient (Wildman–Crippen LogP) is 2.73. The zero-order valence-electron chi connectivity index (χ0n) is 13.2. The minimum Gasteiger partial charge on any atom is -0.467 e. The summed E-state index contributed by atoms with van der Waals surface area (Å²) in [4.78, 5) is 14.5. The molecular formula is C18H22N2O3. The van der Waals surface area contributed by atoms with Gasteiger partial charge in [0.05, 0.1) is 24.5 Å². The number of nitrogens with zero attached hydrogens (tertiary/aromatic N) is 1. The number of hydrogen-bond donors (Lipinski definition) is 2. The number of aliphatic hydroxyl groups excluding tert-OH is 1. The van der Waals surface area contributed by atoms with E-state index in [1.807, 2.05) is 43.3 Å². The molecule has 0 saturated carbocycles. The minimum atomic E-state index is -0.448. The SMILES string of the molecule is CC1CCN(C(=O)c2ccccc2NCc2ccco2)CC1O. The molecule has 1 aromatic carbocycles. The van der Waals surface area contributed by atoms with Crippen LogP contribution in [0.2, 0.25) is 0 Å². The van der Waals surface area contributed by atoms with Gasteiger partial charge in [-0.15, -0.1) is 0 Å². The first kappa shape index (κ1) is 15.6. The van der Waals surface area contributed by atoms with Crippen molar-refractivity contribution in [1.29, 1.82) is 0 Å². The maximum absolute atomic E-state index is 12.8. The Labute approximate surface area is 135 Å². The smallest absolute Gasteiger partial charge is 0.256 e. The molecule has 1 aliphatic heterocycles. The molecule has 122 valence electrons. The average molecular weight is 314 g/mol. The maximum Gasteiger partial charge on any atom is 0.256 e. The second-order valence-electron chi connectivity index (χ2n) is 6.06. The van der Waals surface area contributed by atoms with Crippen molar-refractivity contribution < 1.29 is 14.3 Å². The second kappa shape index (κ2) is 6.87. The molecule has 0 radical (unpaired) electrons. The third-order valence-corrected chi connectivity index (χ3v) is 4.40. The summed E-state index contributed by atoms with van der Waals surface area (Å²) in [6, 6.07) is 11.2. The highest BCUT2D eigenvalue weighted by Crippen LogP contribution is 2.23. The van der Waals surface area contributed by atoms with E-state index in [0.29, 0.717) is 25.2 Å². The van der Waals surface area contributed by atoms with Gasteiger partial charge in [0, 0.05) is 18.8 Å². The lowest BCUT2D eigenvalue weighted by molar-refractivity contribution is 0.0249. The van der Waals surface area contributed by atoms with Crippen LogP contribution < -0.4 is 5.32 Å². The molecule has 3 rings (SSSR count). The van der Waals surface area contributed by atoms with Crippen molar-refractivity contribution >= 4 is 11.6 Å². The summed E-state index contributed by atoms with van der Waals surface area (Å²) in [5.41, 5.74) is 1.41. The topological polar surface area (TPSA) is 65.7 Å². The third kappa shape index (κ3) is 3.56. The summed E-state index contributed by atoms with van der Waals surface area (Å²) in [5, 5.41) is 13.3. The normalized spacial score (nSPS) is 21.2. The lowest BCUT2D eigenvalue weighted by Crippen LogP contribution is -2.45. The van der Waals surface area contributed by atoms with Gasteiger partial charge in [-0.05, 0) is 36.6 Å². The number of hydrogen-bond acceptors (Lipinski definition) is 4. The molecule has 2 N–H and O–H groups in total. The molecule has 2 atom stereocenters. The summed E-state index contributed by atoms with van der Waals surface area (Å²) < 4.78 is 5.31. The van der Waals surface area contributed by atoms with Crippen molar-refractivity contribution in [2.75, 3.05) is 18.4 Å². The Morgan fingerprint density at radius 2 is 2.17 bits per heavy atom. The van der Waals surface area contributed by atoms with Crippen molar-refractivity contribution in [1.82, 2.24) is 4.90 Å². The molecule has 1 aromatic heterocycles. The Bertz CT molecular complexity index is 654. The van der Waals surface area contributed by atoms with E-state index in [0.717, 1.165) is 17.9 Å². The number of likely N-dealkylation sites (tertiary alicyclic amines) is 1. The molecule has 2 heterocycles. The zero-order valence-corrected chi connectivity index (χ0v) is 13.2. The Hall–Kier alpha value is -2.27. The number of β-amino-alcohol motifs (C(OH)–C–C–N with tert-alkyl or cyclic N) is 1. The summed E-state index contributed by atoms with van der Waals surface area (Å²) in [6.07, 6.45) is 2.01. The van der Waals surface area contributed by atoms with Crippen LogP contribution in [-0.2, 0) is 6.54 Å². The van der Waals surface area contributed by atoms with Gasteiger partial charge in [0.15, 0.2) is 0 Å². The number of para-hydroxylation sites is 1. The molecule has 0 spiro atoms. The van der Waals surface area contributed by atoms with Crippen LogP contribution in [0, 0.1) is 5.92 Å². The lowest BCUT2D eigenvalue weighted by atomic mass is 9.95. The van der Waals surface area contributed by atoms with E-state index in [-0.39, 0.29) is 11.8 Å². The molecule has 0 bridgehead atoms. The molecule has 5 heteroatoms. The van der Waals surface area contributed by atoms with E-state index in [1.165, 1.54) is 0 Å². The molecule has 1 aliphatic rings. The highest BCUT2D eigenvalue weighted by molar-refractivity contribution is 5.99. The molecule has 1 amide bonds. The van der Waals surface area contributed by atoms with Crippen molar-refractivity contribution in [2.24, 2.45) is 5.92 Å². The Balaban J connectivity index is 1.73. The summed E-state index contributed by atoms with van der Waals surface area (Å²) >= 11 is 0. The fraction of sp³-hybridized carbons (Fsp3) is 0.389. The fourth-order valence-electron chi connectivity index (χ4n) is 2.82. The van der Waals surface area contributed by atoms with Gasteiger partial charge in [-0.3, -0.25) is 4.79 Å². The van der Waals surface area contributed by atoms with Gasteiger partial charge in [0.1, 0.15) is 5.76 Å². The monoisotopic (exact) mass is 314 g/mol. The van der Waals surface area contributed by atoms with Crippen LogP contribution in [0.5, 0.6) is 0 Å². The van der Waals surface area contributed by atoms with E-state index in [1.54, 1.807) is 11.2 Å². The van der Waals surface area contributed by atoms with Crippen LogP contribution in [0.25, 0.3) is 0 Å². The molecule has 1 saturated heterocycles. The minimum absolute atomic E-state index is 0.0431. The van der Waals surface area contributed by atoms with Gasteiger partial charge < -0.3 is 19.7 Å². The number of aliphatic hydroxyl groups is 1. The fourth-order valence-corrected chi connectivity index (χ4v) is 2.82.